The lowest BCUT2D eigenvalue weighted by atomic mass is 9.78. The first-order valence-corrected chi connectivity index (χ1v) is 10.7. The van der Waals surface area contributed by atoms with Crippen molar-refractivity contribution in [3.8, 4) is 5.69 Å². The summed E-state index contributed by atoms with van der Waals surface area (Å²) in [7, 11) is 0. The maximum absolute atomic E-state index is 12.9. The molecule has 0 aliphatic heterocycles. The van der Waals surface area contributed by atoms with Crippen LogP contribution in [0, 0.1) is 18.8 Å². The molecule has 1 aliphatic carbocycles. The first-order chi connectivity index (χ1) is 12.9. The lowest BCUT2D eigenvalue weighted by Gasteiger charge is -2.34. The molecular weight excluding hydrogens is 378 g/mol. The molecule has 3 atom stereocenters. The number of benzene rings is 1. The highest BCUT2D eigenvalue weighted by molar-refractivity contribution is 7.20. The molecule has 1 N–H and O–H groups in total. The number of carbonyl (C=O) groups excluding carboxylic acids is 1. The van der Waals surface area contributed by atoms with E-state index in [2.05, 4.69) is 24.3 Å². The molecule has 4 rings (SSSR count). The van der Waals surface area contributed by atoms with E-state index in [9.17, 15) is 4.79 Å². The zero-order chi connectivity index (χ0) is 19.1. The summed E-state index contributed by atoms with van der Waals surface area (Å²) in [5, 5.41) is 9.64. The maximum Gasteiger partial charge on any atom is 0.261 e. The number of halogens is 1. The van der Waals surface area contributed by atoms with Crippen LogP contribution in [-0.4, -0.2) is 21.7 Å². The Kier molecular flexibility index (Phi) is 4.99. The van der Waals surface area contributed by atoms with Crippen LogP contribution in [-0.2, 0) is 0 Å². The summed E-state index contributed by atoms with van der Waals surface area (Å²) in [5.74, 6) is 1.21. The Hall–Kier alpha value is -1.85. The summed E-state index contributed by atoms with van der Waals surface area (Å²) < 4.78 is 1.90. The molecule has 2 heterocycles. The molecule has 1 aliphatic rings. The summed E-state index contributed by atoms with van der Waals surface area (Å²) >= 11 is 7.50. The Morgan fingerprint density at radius 1 is 1.26 bits per heavy atom. The number of nitrogens with one attached hydrogen (secondary N) is 1. The molecule has 6 heteroatoms. The zero-order valence-corrected chi connectivity index (χ0v) is 17.4. The molecule has 27 heavy (non-hydrogen) atoms. The van der Waals surface area contributed by atoms with Crippen LogP contribution >= 0.6 is 22.9 Å². The summed E-state index contributed by atoms with van der Waals surface area (Å²) in [4.78, 5) is 14.6. The van der Waals surface area contributed by atoms with Gasteiger partial charge in [0.05, 0.1) is 16.3 Å². The van der Waals surface area contributed by atoms with Crippen molar-refractivity contribution in [1.29, 1.82) is 0 Å². The van der Waals surface area contributed by atoms with E-state index in [-0.39, 0.29) is 11.9 Å². The van der Waals surface area contributed by atoms with Gasteiger partial charge in [-0.25, -0.2) is 4.68 Å². The first kappa shape index (κ1) is 18.5. The van der Waals surface area contributed by atoms with E-state index in [4.69, 9.17) is 11.6 Å². The van der Waals surface area contributed by atoms with Crippen LogP contribution in [0.2, 0.25) is 5.02 Å². The second-order valence-electron chi connectivity index (χ2n) is 7.65. The van der Waals surface area contributed by atoms with Crippen LogP contribution in [0.3, 0.4) is 0 Å². The lowest BCUT2D eigenvalue weighted by molar-refractivity contribution is 0.0895. The van der Waals surface area contributed by atoms with E-state index in [1.807, 2.05) is 41.9 Å². The normalized spacial score (nSPS) is 22.9. The number of nitrogens with zero attached hydrogens (tertiary/aromatic N) is 2. The number of amides is 1. The highest BCUT2D eigenvalue weighted by Crippen LogP contribution is 2.32. The largest absolute Gasteiger partial charge is 0.348 e. The van der Waals surface area contributed by atoms with E-state index in [1.54, 1.807) is 0 Å². The molecule has 1 amide bonds. The quantitative estimate of drug-likeness (QED) is 0.620. The fourth-order valence-corrected chi connectivity index (χ4v) is 5.15. The van der Waals surface area contributed by atoms with Gasteiger partial charge in [0, 0.05) is 16.5 Å². The molecule has 1 saturated carbocycles. The SMILES string of the molecule is Cc1nn(-c2ccc(Cl)cc2)c2sc(C(=O)N[C@H]3CCC[C@@H](C)[C@@H]3C)cc12. The van der Waals surface area contributed by atoms with Crippen molar-refractivity contribution in [2.75, 3.05) is 0 Å². The molecule has 1 aromatic carbocycles. The summed E-state index contributed by atoms with van der Waals surface area (Å²) in [5.41, 5.74) is 1.87. The Labute approximate surface area is 168 Å². The van der Waals surface area contributed by atoms with Crippen molar-refractivity contribution in [2.24, 2.45) is 11.8 Å². The predicted octanol–water partition coefficient (Wildman–Crippen LogP) is 5.60. The van der Waals surface area contributed by atoms with Gasteiger partial charge < -0.3 is 5.32 Å². The Morgan fingerprint density at radius 2 is 2.00 bits per heavy atom. The number of carbonyl (C=O) groups is 1. The van der Waals surface area contributed by atoms with E-state index < -0.39 is 0 Å². The number of thiophene rings is 1. The number of hydrogen-bond acceptors (Lipinski definition) is 3. The lowest BCUT2D eigenvalue weighted by Crippen LogP contribution is -2.43. The molecule has 0 saturated heterocycles. The molecule has 0 spiro atoms. The standard InChI is InChI=1S/C21H24ClN3OS/c1-12-5-4-6-18(13(12)2)23-20(26)19-11-17-14(3)24-25(21(17)27-19)16-9-7-15(22)8-10-16/h7-13,18H,4-6H2,1-3H3,(H,23,26)/t12-,13+,18+/m1/s1. The van der Waals surface area contributed by atoms with Crippen molar-refractivity contribution < 1.29 is 4.79 Å². The number of aryl methyl sites for hydroxylation is 1. The van der Waals surface area contributed by atoms with Gasteiger partial charge in [-0.05, 0) is 55.5 Å². The first-order valence-electron chi connectivity index (χ1n) is 9.50. The fourth-order valence-electron chi connectivity index (χ4n) is 3.94. The Morgan fingerprint density at radius 3 is 2.74 bits per heavy atom. The van der Waals surface area contributed by atoms with Gasteiger partial charge in [-0.1, -0.05) is 38.3 Å². The topological polar surface area (TPSA) is 46.9 Å². The molecular formula is C21H24ClN3OS. The molecule has 4 nitrogen and oxygen atoms in total. The van der Waals surface area contributed by atoms with Gasteiger partial charge in [0.15, 0.2) is 0 Å². The van der Waals surface area contributed by atoms with Gasteiger partial charge in [-0.3, -0.25) is 4.79 Å². The minimum atomic E-state index is 0.0317. The van der Waals surface area contributed by atoms with Gasteiger partial charge in [0.2, 0.25) is 0 Å². The van der Waals surface area contributed by atoms with Crippen LogP contribution in [0.15, 0.2) is 30.3 Å². The second-order valence-corrected chi connectivity index (χ2v) is 9.12. The third-order valence-electron chi connectivity index (χ3n) is 5.86. The summed E-state index contributed by atoms with van der Waals surface area (Å²) in [6.07, 6.45) is 3.51. The monoisotopic (exact) mass is 401 g/mol. The fraction of sp³-hybridized carbons (Fsp3) is 0.429. The van der Waals surface area contributed by atoms with Crippen molar-refractivity contribution >= 4 is 39.1 Å². The molecule has 1 fully saturated rings. The van der Waals surface area contributed by atoms with E-state index in [0.29, 0.717) is 16.9 Å². The van der Waals surface area contributed by atoms with Crippen molar-refractivity contribution in [3.63, 3.8) is 0 Å². The second kappa shape index (κ2) is 7.28. The summed E-state index contributed by atoms with van der Waals surface area (Å²) in [6.45, 7) is 6.52. The summed E-state index contributed by atoms with van der Waals surface area (Å²) in [6, 6.07) is 9.83. The number of rotatable bonds is 3. The Balaban J connectivity index is 1.62. The van der Waals surface area contributed by atoms with Gasteiger partial charge in [-0.15, -0.1) is 11.3 Å². The van der Waals surface area contributed by atoms with Crippen molar-refractivity contribution in [2.45, 2.75) is 46.1 Å². The number of fused-ring (bicyclic) bond motifs is 1. The predicted molar refractivity (Wildman–Crippen MR) is 112 cm³/mol. The maximum atomic E-state index is 12.9. The van der Waals surface area contributed by atoms with E-state index in [0.717, 1.165) is 32.9 Å². The molecule has 0 bridgehead atoms. The third-order valence-corrected chi connectivity index (χ3v) is 7.22. The van der Waals surface area contributed by atoms with E-state index >= 15 is 0 Å². The molecule has 0 unspecified atom stereocenters. The third kappa shape index (κ3) is 3.50. The van der Waals surface area contributed by atoms with Crippen LogP contribution in [0.1, 0.15) is 48.5 Å². The average Bonchev–Trinajstić information content (AvgIpc) is 3.21. The van der Waals surface area contributed by atoms with Crippen LogP contribution in [0.5, 0.6) is 0 Å². The molecule has 142 valence electrons. The smallest absolute Gasteiger partial charge is 0.261 e. The highest BCUT2D eigenvalue weighted by Gasteiger charge is 2.29. The zero-order valence-electron chi connectivity index (χ0n) is 15.8. The van der Waals surface area contributed by atoms with Gasteiger partial charge in [-0.2, -0.15) is 5.10 Å². The minimum absolute atomic E-state index is 0.0317. The number of hydrogen-bond donors (Lipinski definition) is 1. The van der Waals surface area contributed by atoms with Crippen LogP contribution in [0.4, 0.5) is 0 Å². The Bertz CT molecular complexity index is 975. The van der Waals surface area contributed by atoms with Crippen molar-refractivity contribution in [1.82, 2.24) is 15.1 Å². The van der Waals surface area contributed by atoms with Gasteiger partial charge >= 0.3 is 0 Å². The van der Waals surface area contributed by atoms with Crippen LogP contribution in [0.25, 0.3) is 15.9 Å². The van der Waals surface area contributed by atoms with Gasteiger partial charge in [0.1, 0.15) is 4.83 Å². The molecule has 0 radical (unpaired) electrons. The molecule has 3 aromatic rings. The van der Waals surface area contributed by atoms with E-state index in [1.165, 1.54) is 24.2 Å². The highest BCUT2D eigenvalue weighted by atomic mass is 35.5. The minimum Gasteiger partial charge on any atom is -0.348 e. The number of aromatic nitrogens is 2. The molecule has 2 aromatic heterocycles. The van der Waals surface area contributed by atoms with Gasteiger partial charge in [0.25, 0.3) is 5.91 Å². The van der Waals surface area contributed by atoms with Crippen LogP contribution < -0.4 is 5.32 Å². The van der Waals surface area contributed by atoms with Crippen molar-refractivity contribution in [3.05, 3.63) is 45.9 Å². The average molecular weight is 402 g/mol.